The zero-order valence-corrected chi connectivity index (χ0v) is 17.5. The first kappa shape index (κ1) is 20.4. The number of fused-ring (bicyclic) bond motifs is 1. The summed E-state index contributed by atoms with van der Waals surface area (Å²) in [6.45, 7) is 4.13. The van der Waals surface area contributed by atoms with Crippen molar-refractivity contribution in [3.8, 4) is 0 Å². The lowest BCUT2D eigenvalue weighted by Gasteiger charge is -2.18. The number of aromatic nitrogens is 1. The summed E-state index contributed by atoms with van der Waals surface area (Å²) < 4.78 is 2.08. The molecule has 1 aromatic carbocycles. The normalized spacial score (nSPS) is 11.0. The average molecular weight is 420 g/mol. The Morgan fingerprint density at radius 3 is 2.75 bits per heavy atom. The molecule has 8 heteroatoms. The molecule has 1 amide bonds. The van der Waals surface area contributed by atoms with Crippen LogP contribution in [0.15, 0.2) is 28.4 Å². The van der Waals surface area contributed by atoms with Crippen LogP contribution in [0, 0.1) is 13.8 Å². The minimum Gasteiger partial charge on any atom is -0.396 e. The van der Waals surface area contributed by atoms with Crippen LogP contribution in [0.25, 0.3) is 10.1 Å². The zero-order valence-electron chi connectivity index (χ0n) is 15.9. The van der Waals surface area contributed by atoms with Crippen LogP contribution in [0.3, 0.4) is 0 Å². The minimum absolute atomic E-state index is 0.00877. The largest absolute Gasteiger partial charge is 0.396 e. The quantitative estimate of drug-likeness (QED) is 0.531. The molecule has 0 aliphatic heterocycles. The van der Waals surface area contributed by atoms with Crippen molar-refractivity contribution < 1.29 is 9.90 Å². The number of amides is 1. The van der Waals surface area contributed by atoms with Crippen LogP contribution < -0.4 is 16.2 Å². The first-order valence-electron chi connectivity index (χ1n) is 8.88. The lowest BCUT2D eigenvalue weighted by atomic mass is 10.1. The lowest BCUT2D eigenvalue weighted by molar-refractivity contribution is 0.0953. The maximum absolute atomic E-state index is 13.0. The number of nitrogens with one attached hydrogen (secondary N) is 2. The first-order chi connectivity index (χ1) is 13.3. The summed E-state index contributed by atoms with van der Waals surface area (Å²) >= 11 is 7.72. The van der Waals surface area contributed by atoms with E-state index in [0.717, 1.165) is 11.1 Å². The van der Waals surface area contributed by atoms with Crippen molar-refractivity contribution in [1.82, 2.24) is 9.88 Å². The minimum atomic E-state index is -0.304. The Morgan fingerprint density at radius 1 is 1.32 bits per heavy atom. The number of benzene rings is 1. The van der Waals surface area contributed by atoms with Gasteiger partial charge >= 0.3 is 0 Å². The van der Waals surface area contributed by atoms with Crippen molar-refractivity contribution >= 4 is 50.4 Å². The molecule has 148 valence electrons. The highest BCUT2D eigenvalue weighted by molar-refractivity contribution is 7.17. The molecule has 0 unspecified atom stereocenters. The molecule has 0 radical (unpaired) electrons. The van der Waals surface area contributed by atoms with Gasteiger partial charge in [-0.05, 0) is 48.9 Å². The van der Waals surface area contributed by atoms with E-state index in [4.69, 9.17) is 16.7 Å². The highest BCUT2D eigenvalue weighted by Gasteiger charge is 2.23. The van der Waals surface area contributed by atoms with E-state index < -0.39 is 0 Å². The van der Waals surface area contributed by atoms with E-state index in [-0.39, 0.29) is 18.1 Å². The number of aliphatic hydroxyl groups is 1. The Bertz CT molecular complexity index is 1100. The van der Waals surface area contributed by atoms with E-state index in [1.807, 2.05) is 37.4 Å². The summed E-state index contributed by atoms with van der Waals surface area (Å²) in [5.74, 6) is 0.0771. The molecule has 2 aromatic heterocycles. The van der Waals surface area contributed by atoms with Crippen LogP contribution in [0.5, 0.6) is 0 Å². The number of aliphatic hydroxyl groups excluding tert-OH is 1. The first-order valence-corrected chi connectivity index (χ1v) is 10.1. The summed E-state index contributed by atoms with van der Waals surface area (Å²) in [7, 11) is 1.63. The average Bonchev–Trinajstić information content (AvgIpc) is 3.03. The van der Waals surface area contributed by atoms with Gasteiger partial charge in [-0.3, -0.25) is 14.2 Å². The van der Waals surface area contributed by atoms with E-state index in [9.17, 15) is 9.59 Å². The maximum atomic E-state index is 13.0. The Hall–Kier alpha value is -2.35. The Morgan fingerprint density at radius 2 is 2.07 bits per heavy atom. The van der Waals surface area contributed by atoms with Crippen LogP contribution in [0.4, 0.5) is 11.5 Å². The van der Waals surface area contributed by atoms with E-state index in [2.05, 4.69) is 10.6 Å². The van der Waals surface area contributed by atoms with E-state index in [1.54, 1.807) is 7.05 Å². The van der Waals surface area contributed by atoms with Gasteiger partial charge in [-0.15, -0.1) is 11.3 Å². The molecule has 0 aliphatic carbocycles. The van der Waals surface area contributed by atoms with Gasteiger partial charge in [0.05, 0.1) is 26.4 Å². The predicted molar refractivity (Wildman–Crippen MR) is 115 cm³/mol. The third-order valence-electron chi connectivity index (χ3n) is 4.52. The Labute approximate surface area is 171 Å². The molecule has 0 spiro atoms. The molecule has 0 atom stereocenters. The van der Waals surface area contributed by atoms with Gasteiger partial charge in [-0.1, -0.05) is 17.7 Å². The lowest BCUT2D eigenvalue weighted by Crippen LogP contribution is -2.29. The SMILES string of the molecule is Cc1ccc(Nc2c(C(=O)NCCCO)c3scc(C)c3c(=O)n2C)c(Cl)c1. The molecule has 0 fully saturated rings. The number of hydrogen-bond donors (Lipinski definition) is 3. The second kappa shape index (κ2) is 8.34. The van der Waals surface area contributed by atoms with Crippen molar-refractivity contribution in [3.05, 3.63) is 55.6 Å². The fourth-order valence-corrected chi connectivity index (χ4v) is 4.38. The monoisotopic (exact) mass is 419 g/mol. The summed E-state index contributed by atoms with van der Waals surface area (Å²) in [5, 5.41) is 17.9. The van der Waals surface area contributed by atoms with Crippen molar-refractivity contribution in [2.24, 2.45) is 7.05 Å². The molecule has 2 heterocycles. The molecule has 0 saturated carbocycles. The molecule has 3 N–H and O–H groups in total. The Kier molecular flexibility index (Phi) is 6.07. The fourth-order valence-electron chi connectivity index (χ4n) is 3.01. The van der Waals surface area contributed by atoms with Crippen LogP contribution >= 0.6 is 22.9 Å². The van der Waals surface area contributed by atoms with Gasteiger partial charge in [0.2, 0.25) is 0 Å². The van der Waals surface area contributed by atoms with Gasteiger partial charge < -0.3 is 15.7 Å². The van der Waals surface area contributed by atoms with Gasteiger partial charge in [0, 0.05) is 20.2 Å². The van der Waals surface area contributed by atoms with Crippen molar-refractivity contribution in [1.29, 1.82) is 0 Å². The van der Waals surface area contributed by atoms with Crippen LogP contribution in [-0.2, 0) is 7.05 Å². The topological polar surface area (TPSA) is 83.4 Å². The second-order valence-corrected chi connectivity index (χ2v) is 7.94. The zero-order chi connectivity index (χ0) is 20.4. The van der Waals surface area contributed by atoms with E-state index >= 15 is 0 Å². The number of carbonyl (C=O) groups excluding carboxylic acids is 1. The van der Waals surface area contributed by atoms with Crippen LogP contribution in [0.1, 0.15) is 27.9 Å². The maximum Gasteiger partial charge on any atom is 0.260 e. The molecule has 28 heavy (non-hydrogen) atoms. The number of pyridine rings is 1. The summed E-state index contributed by atoms with van der Waals surface area (Å²) in [4.78, 5) is 25.9. The summed E-state index contributed by atoms with van der Waals surface area (Å²) in [6, 6.07) is 5.54. The van der Waals surface area contributed by atoms with Crippen LogP contribution in [-0.4, -0.2) is 28.7 Å². The van der Waals surface area contributed by atoms with Gasteiger partial charge in [-0.25, -0.2) is 0 Å². The van der Waals surface area contributed by atoms with Gasteiger partial charge in [0.1, 0.15) is 5.82 Å². The third-order valence-corrected chi connectivity index (χ3v) is 5.95. The van der Waals surface area contributed by atoms with Crippen molar-refractivity contribution in [2.75, 3.05) is 18.5 Å². The van der Waals surface area contributed by atoms with Gasteiger partial charge in [0.15, 0.2) is 0 Å². The Balaban J connectivity index is 2.19. The smallest absolute Gasteiger partial charge is 0.260 e. The molecule has 0 bridgehead atoms. The van der Waals surface area contributed by atoms with Gasteiger partial charge in [0.25, 0.3) is 11.5 Å². The summed E-state index contributed by atoms with van der Waals surface area (Å²) in [6.07, 6.45) is 0.455. The molecule has 0 saturated heterocycles. The van der Waals surface area contributed by atoms with E-state index in [0.29, 0.717) is 45.1 Å². The second-order valence-electron chi connectivity index (χ2n) is 6.65. The molecule has 6 nitrogen and oxygen atoms in total. The number of anilines is 2. The highest BCUT2D eigenvalue weighted by atomic mass is 35.5. The summed E-state index contributed by atoms with van der Waals surface area (Å²) in [5.41, 5.74) is 2.68. The number of hydrogen-bond acceptors (Lipinski definition) is 5. The van der Waals surface area contributed by atoms with E-state index in [1.165, 1.54) is 15.9 Å². The number of rotatable bonds is 6. The standard InChI is InChI=1S/C20H22ClN3O3S/c1-11-5-6-14(13(21)9-11)23-18-16(19(26)22-7-4-8-25)17-15(12(2)10-28-17)20(27)24(18)3/h5-6,9-10,23,25H,4,7-8H2,1-3H3,(H,22,26). The van der Waals surface area contributed by atoms with Crippen molar-refractivity contribution in [3.63, 3.8) is 0 Å². The molecule has 3 rings (SSSR count). The number of halogens is 1. The number of nitrogens with zero attached hydrogens (tertiary/aromatic N) is 1. The number of aryl methyl sites for hydroxylation is 2. The molecule has 0 aliphatic rings. The predicted octanol–water partition coefficient (Wildman–Crippen LogP) is 3.73. The molecular formula is C20H22ClN3O3S. The fraction of sp³-hybridized carbons (Fsp3) is 0.300. The highest BCUT2D eigenvalue weighted by Crippen LogP contribution is 2.33. The molecule has 3 aromatic rings. The van der Waals surface area contributed by atoms with Crippen LogP contribution in [0.2, 0.25) is 5.02 Å². The number of thiophene rings is 1. The number of carbonyl (C=O) groups is 1. The van der Waals surface area contributed by atoms with Crippen molar-refractivity contribution in [2.45, 2.75) is 20.3 Å². The molecular weight excluding hydrogens is 398 g/mol. The third kappa shape index (κ3) is 3.78. The van der Waals surface area contributed by atoms with Gasteiger partial charge in [-0.2, -0.15) is 0 Å².